The highest BCUT2D eigenvalue weighted by atomic mass is 32.2. The fraction of sp³-hybridized carbons (Fsp3) is 0.261. The minimum absolute atomic E-state index is 0.109. The first-order valence-electron chi connectivity index (χ1n) is 9.95. The first-order valence-corrected chi connectivity index (χ1v) is 12.3. The summed E-state index contributed by atoms with van der Waals surface area (Å²) in [5.74, 6) is 0.0709. The molecule has 2 aromatic carbocycles. The molecule has 0 aliphatic heterocycles. The number of carbonyl (C=O) groups excluding carboxylic acids is 1. The van der Waals surface area contributed by atoms with E-state index in [4.69, 9.17) is 4.74 Å². The third-order valence-corrected chi connectivity index (χ3v) is 7.96. The largest absolute Gasteiger partial charge is 0.495 e. The number of hydrogen-bond acceptors (Lipinski definition) is 5. The van der Waals surface area contributed by atoms with Gasteiger partial charge in [-0.25, -0.2) is 8.42 Å². The molecule has 164 valence electrons. The van der Waals surface area contributed by atoms with Gasteiger partial charge in [-0.3, -0.25) is 4.79 Å². The summed E-state index contributed by atoms with van der Waals surface area (Å²) < 4.78 is 32.5. The van der Waals surface area contributed by atoms with E-state index >= 15 is 0 Å². The Hall–Kier alpha value is -2.68. The Morgan fingerprint density at radius 3 is 2.35 bits per heavy atom. The number of nitrogens with zero attached hydrogens (tertiary/aromatic N) is 1. The van der Waals surface area contributed by atoms with Crippen molar-refractivity contribution in [2.24, 2.45) is 0 Å². The summed E-state index contributed by atoms with van der Waals surface area (Å²) in [5, 5.41) is 4.70. The summed E-state index contributed by atoms with van der Waals surface area (Å²) in [7, 11) is -2.19. The zero-order valence-corrected chi connectivity index (χ0v) is 19.6. The number of rotatable bonds is 8. The van der Waals surface area contributed by atoms with Gasteiger partial charge in [-0.05, 0) is 42.1 Å². The lowest BCUT2D eigenvalue weighted by molar-refractivity contribution is 0.103. The van der Waals surface area contributed by atoms with Crippen molar-refractivity contribution in [3.05, 3.63) is 64.4 Å². The maximum Gasteiger partial charge on any atom is 0.266 e. The number of anilines is 1. The number of nitrogens with one attached hydrogen (secondary N) is 1. The Bertz CT molecular complexity index is 1160. The number of hydrogen-bond donors (Lipinski definition) is 1. The molecule has 31 heavy (non-hydrogen) atoms. The van der Waals surface area contributed by atoms with Crippen LogP contribution in [0.1, 0.15) is 29.1 Å². The third-order valence-electron chi connectivity index (χ3n) is 5.00. The second-order valence-electron chi connectivity index (χ2n) is 6.93. The van der Waals surface area contributed by atoms with Crippen molar-refractivity contribution in [1.82, 2.24) is 4.31 Å². The molecule has 0 unspecified atom stereocenters. The van der Waals surface area contributed by atoms with E-state index in [-0.39, 0.29) is 10.8 Å². The number of carbonyl (C=O) groups is 1. The maximum atomic E-state index is 13.1. The number of thiophene rings is 1. The minimum Gasteiger partial charge on any atom is -0.495 e. The Kier molecular flexibility index (Phi) is 7.15. The Morgan fingerprint density at radius 2 is 1.74 bits per heavy atom. The summed E-state index contributed by atoms with van der Waals surface area (Å²) in [6, 6.07) is 14.4. The number of sulfonamides is 1. The van der Waals surface area contributed by atoms with E-state index in [0.717, 1.165) is 16.7 Å². The first kappa shape index (κ1) is 23.0. The number of methoxy groups -OCH3 is 1. The van der Waals surface area contributed by atoms with E-state index < -0.39 is 10.0 Å². The van der Waals surface area contributed by atoms with E-state index in [0.29, 0.717) is 29.4 Å². The molecule has 0 bridgehead atoms. The smallest absolute Gasteiger partial charge is 0.266 e. The molecule has 1 amide bonds. The number of benzene rings is 2. The van der Waals surface area contributed by atoms with E-state index in [1.54, 1.807) is 19.9 Å². The summed E-state index contributed by atoms with van der Waals surface area (Å²) in [5.41, 5.74) is 3.22. The van der Waals surface area contributed by atoms with Crippen LogP contribution >= 0.6 is 11.3 Å². The van der Waals surface area contributed by atoms with Gasteiger partial charge < -0.3 is 10.1 Å². The topological polar surface area (TPSA) is 75.7 Å². The van der Waals surface area contributed by atoms with Crippen molar-refractivity contribution in [2.45, 2.75) is 25.7 Å². The lowest BCUT2D eigenvalue weighted by atomic mass is 10.0. The van der Waals surface area contributed by atoms with Gasteiger partial charge in [-0.2, -0.15) is 4.31 Å². The number of amides is 1. The Labute approximate surface area is 187 Å². The summed E-state index contributed by atoms with van der Waals surface area (Å²) in [4.78, 5) is 13.7. The lowest BCUT2D eigenvalue weighted by Crippen LogP contribution is -2.30. The van der Waals surface area contributed by atoms with Gasteiger partial charge in [0, 0.05) is 18.7 Å². The zero-order valence-electron chi connectivity index (χ0n) is 18.0. The van der Waals surface area contributed by atoms with Crippen LogP contribution in [0.4, 0.5) is 5.69 Å². The molecule has 1 N–H and O–H groups in total. The number of ether oxygens (including phenoxy) is 1. The normalized spacial score (nSPS) is 11.5. The molecule has 1 heterocycles. The first-order chi connectivity index (χ1) is 14.8. The second-order valence-corrected chi connectivity index (χ2v) is 9.79. The Morgan fingerprint density at radius 1 is 1.06 bits per heavy atom. The van der Waals surface area contributed by atoms with Crippen molar-refractivity contribution in [3.63, 3.8) is 0 Å². The average Bonchev–Trinajstić information content (AvgIpc) is 3.25. The van der Waals surface area contributed by atoms with Gasteiger partial charge >= 0.3 is 0 Å². The SMILES string of the molecule is CCN(CC)S(=O)(=O)c1ccc(OC)c(NC(=O)c2sccc2-c2ccc(C)cc2)c1. The van der Waals surface area contributed by atoms with Gasteiger partial charge in [-0.15, -0.1) is 11.3 Å². The average molecular weight is 459 g/mol. The van der Waals surface area contributed by atoms with Crippen LogP contribution in [0, 0.1) is 6.92 Å². The third kappa shape index (κ3) is 4.81. The number of aryl methyl sites for hydroxylation is 1. The molecule has 0 saturated heterocycles. The molecule has 0 fully saturated rings. The van der Waals surface area contributed by atoms with Crippen LogP contribution in [0.15, 0.2) is 58.8 Å². The molecule has 0 atom stereocenters. The predicted molar refractivity (Wildman–Crippen MR) is 126 cm³/mol. The van der Waals surface area contributed by atoms with Gasteiger partial charge in [0.25, 0.3) is 5.91 Å². The summed E-state index contributed by atoms with van der Waals surface area (Å²) in [6.45, 7) is 6.31. The zero-order chi connectivity index (χ0) is 22.6. The van der Waals surface area contributed by atoms with Crippen molar-refractivity contribution in [3.8, 4) is 16.9 Å². The molecule has 6 nitrogen and oxygen atoms in total. The molecule has 0 saturated carbocycles. The van der Waals surface area contributed by atoms with Crippen LogP contribution in [-0.4, -0.2) is 38.8 Å². The highest BCUT2D eigenvalue weighted by Gasteiger charge is 2.24. The molecule has 0 radical (unpaired) electrons. The van der Waals surface area contributed by atoms with Crippen LogP contribution < -0.4 is 10.1 Å². The quantitative estimate of drug-likeness (QED) is 0.515. The van der Waals surface area contributed by atoms with Crippen LogP contribution in [0.3, 0.4) is 0 Å². The van der Waals surface area contributed by atoms with Crippen molar-refractivity contribution in [1.29, 1.82) is 0 Å². The highest BCUT2D eigenvalue weighted by molar-refractivity contribution is 7.89. The monoisotopic (exact) mass is 458 g/mol. The molecule has 3 rings (SSSR count). The van der Waals surface area contributed by atoms with E-state index in [2.05, 4.69) is 5.32 Å². The molecule has 8 heteroatoms. The van der Waals surface area contributed by atoms with Crippen LogP contribution in [0.5, 0.6) is 5.75 Å². The van der Waals surface area contributed by atoms with Gasteiger partial charge in [0.15, 0.2) is 0 Å². The van der Waals surface area contributed by atoms with Gasteiger partial charge in [0.1, 0.15) is 5.75 Å². The summed E-state index contributed by atoms with van der Waals surface area (Å²) >= 11 is 1.33. The van der Waals surface area contributed by atoms with Crippen molar-refractivity contribution in [2.75, 3.05) is 25.5 Å². The van der Waals surface area contributed by atoms with Crippen molar-refractivity contribution >= 4 is 33.0 Å². The van der Waals surface area contributed by atoms with E-state index in [9.17, 15) is 13.2 Å². The minimum atomic E-state index is -3.66. The molecular formula is C23H26N2O4S2. The molecule has 0 spiro atoms. The predicted octanol–water partition coefficient (Wildman–Crippen LogP) is 5.01. The molecular weight excluding hydrogens is 432 g/mol. The highest BCUT2D eigenvalue weighted by Crippen LogP contribution is 2.32. The van der Waals surface area contributed by atoms with Gasteiger partial charge in [0.05, 0.1) is 22.6 Å². The molecule has 0 aliphatic rings. The van der Waals surface area contributed by atoms with E-state index in [1.807, 2.05) is 42.6 Å². The maximum absolute atomic E-state index is 13.1. The summed E-state index contributed by atoms with van der Waals surface area (Å²) in [6.07, 6.45) is 0. The van der Waals surface area contributed by atoms with Gasteiger partial charge in [0.2, 0.25) is 10.0 Å². The molecule has 3 aromatic rings. The van der Waals surface area contributed by atoms with Gasteiger partial charge in [-0.1, -0.05) is 43.7 Å². The molecule has 1 aromatic heterocycles. The molecule has 0 aliphatic carbocycles. The lowest BCUT2D eigenvalue weighted by Gasteiger charge is -2.19. The van der Waals surface area contributed by atoms with Crippen LogP contribution in [-0.2, 0) is 10.0 Å². The fourth-order valence-corrected chi connectivity index (χ4v) is 5.58. The Balaban J connectivity index is 1.95. The van der Waals surface area contributed by atoms with Crippen LogP contribution in [0.25, 0.3) is 11.1 Å². The van der Waals surface area contributed by atoms with E-state index in [1.165, 1.54) is 34.9 Å². The second kappa shape index (κ2) is 9.64. The van der Waals surface area contributed by atoms with Crippen molar-refractivity contribution < 1.29 is 17.9 Å². The standard InChI is InChI=1S/C23H26N2O4S2/c1-5-25(6-2)31(27,28)18-11-12-21(29-4)20(15-18)24-23(26)22-19(13-14-30-22)17-9-7-16(3)8-10-17/h7-15H,5-6H2,1-4H3,(H,24,26). The fourth-order valence-electron chi connectivity index (χ4n) is 3.28. The van der Waals surface area contributed by atoms with Crippen LogP contribution in [0.2, 0.25) is 0 Å².